The van der Waals surface area contributed by atoms with Gasteiger partial charge in [-0.3, -0.25) is 0 Å². The van der Waals surface area contributed by atoms with Crippen molar-refractivity contribution in [2.45, 2.75) is 161 Å². The average molecular weight is 594 g/mol. The van der Waals surface area contributed by atoms with E-state index < -0.39 is 24.0 Å². The van der Waals surface area contributed by atoms with Gasteiger partial charge in [-0.25, -0.2) is 0 Å². The van der Waals surface area contributed by atoms with Crippen molar-refractivity contribution in [3.8, 4) is 6.01 Å². The van der Waals surface area contributed by atoms with Crippen LogP contribution >= 0.6 is 0 Å². The summed E-state index contributed by atoms with van der Waals surface area (Å²) in [6, 6.07) is 0.241. The SMILES string of the molecule is CCCCCCCCNc1nc(NCCCCCCCC)nc(OC[C@H]2O[C@@H]3OC(C)(C)O[C@@H]3[C@H]3OC(C)(C)O[C@H]32)n1. The number of aromatic nitrogens is 3. The van der Waals surface area contributed by atoms with Crippen LogP contribution in [0.4, 0.5) is 11.9 Å². The van der Waals surface area contributed by atoms with Gasteiger partial charge in [0.1, 0.15) is 31.0 Å². The fraction of sp³-hybridized carbons (Fsp3) is 0.903. The van der Waals surface area contributed by atoms with Crippen molar-refractivity contribution in [1.82, 2.24) is 15.0 Å². The van der Waals surface area contributed by atoms with Crippen LogP contribution in [0.5, 0.6) is 6.01 Å². The van der Waals surface area contributed by atoms with E-state index in [4.69, 9.17) is 28.4 Å². The Bertz CT molecular complexity index is 914. The molecular weight excluding hydrogens is 538 g/mol. The molecule has 0 bridgehead atoms. The normalized spacial score (nSPS) is 27.4. The second-order valence-corrected chi connectivity index (χ2v) is 12.7. The molecule has 0 radical (unpaired) electrons. The number of unbranched alkanes of at least 4 members (excludes halogenated alkanes) is 10. The summed E-state index contributed by atoms with van der Waals surface area (Å²) >= 11 is 0. The summed E-state index contributed by atoms with van der Waals surface area (Å²) in [5.41, 5.74) is 0. The number of nitrogens with one attached hydrogen (secondary N) is 2. The van der Waals surface area contributed by atoms with Gasteiger partial charge >= 0.3 is 6.01 Å². The van der Waals surface area contributed by atoms with Crippen LogP contribution < -0.4 is 15.4 Å². The first-order valence-electron chi connectivity index (χ1n) is 16.4. The molecule has 3 aliphatic rings. The molecule has 1 aromatic rings. The summed E-state index contributed by atoms with van der Waals surface area (Å²) in [7, 11) is 0. The van der Waals surface area contributed by atoms with Crippen molar-refractivity contribution in [3.63, 3.8) is 0 Å². The van der Waals surface area contributed by atoms with Crippen LogP contribution in [0.25, 0.3) is 0 Å². The molecule has 0 unspecified atom stereocenters. The summed E-state index contributed by atoms with van der Waals surface area (Å²) in [5, 5.41) is 6.74. The van der Waals surface area contributed by atoms with Crippen molar-refractivity contribution in [2.24, 2.45) is 0 Å². The van der Waals surface area contributed by atoms with Crippen LogP contribution in [0.3, 0.4) is 0 Å². The zero-order valence-corrected chi connectivity index (χ0v) is 26.8. The minimum atomic E-state index is -0.771. The fourth-order valence-corrected chi connectivity index (χ4v) is 5.77. The van der Waals surface area contributed by atoms with Crippen molar-refractivity contribution in [1.29, 1.82) is 0 Å². The van der Waals surface area contributed by atoms with Gasteiger partial charge in [-0.05, 0) is 40.5 Å². The van der Waals surface area contributed by atoms with Crippen molar-refractivity contribution in [3.05, 3.63) is 0 Å². The lowest BCUT2D eigenvalue weighted by atomic mass is 9.99. The first-order valence-corrected chi connectivity index (χ1v) is 16.4. The van der Waals surface area contributed by atoms with E-state index in [0.29, 0.717) is 11.9 Å². The van der Waals surface area contributed by atoms with Gasteiger partial charge in [0.15, 0.2) is 17.9 Å². The molecule has 2 N–H and O–H groups in total. The molecule has 3 aliphatic heterocycles. The highest BCUT2D eigenvalue weighted by Gasteiger charge is 2.60. The Morgan fingerprint density at radius 3 is 1.71 bits per heavy atom. The molecule has 0 spiro atoms. The maximum absolute atomic E-state index is 6.30. The van der Waals surface area contributed by atoms with Gasteiger partial charge in [0.25, 0.3) is 0 Å². The molecule has 0 saturated carbocycles. The van der Waals surface area contributed by atoms with E-state index in [9.17, 15) is 0 Å². The molecule has 0 aromatic carbocycles. The standard InChI is InChI=1S/C31H55N5O6/c1-7-9-11-13-15-17-19-32-27-34-28(33-20-18-16-14-12-10-8-2)36-29(35-27)37-21-22-23-24(40-30(3,4)39-23)25-26(38-22)42-31(5,6)41-25/h22-26H,7-21H2,1-6H3,(H2,32,33,34,35,36)/t22-,23+,24+,25-,26-/m1/s1. The van der Waals surface area contributed by atoms with Gasteiger partial charge in [0, 0.05) is 13.1 Å². The number of anilines is 2. The fourth-order valence-electron chi connectivity index (χ4n) is 5.77. The number of fused-ring (bicyclic) bond motifs is 3. The quantitative estimate of drug-likeness (QED) is 0.179. The number of nitrogens with zero attached hydrogens (tertiary/aromatic N) is 3. The number of rotatable bonds is 19. The monoisotopic (exact) mass is 593 g/mol. The van der Waals surface area contributed by atoms with Gasteiger partial charge in [0.2, 0.25) is 11.9 Å². The van der Waals surface area contributed by atoms with Crippen molar-refractivity contribution < 1.29 is 28.4 Å². The maximum Gasteiger partial charge on any atom is 0.323 e. The van der Waals surface area contributed by atoms with Gasteiger partial charge < -0.3 is 39.1 Å². The predicted octanol–water partition coefficient (Wildman–Crippen LogP) is 6.19. The number of hydrogen-bond acceptors (Lipinski definition) is 11. The molecule has 11 nitrogen and oxygen atoms in total. The smallest absolute Gasteiger partial charge is 0.323 e. The molecule has 0 aliphatic carbocycles. The minimum Gasteiger partial charge on any atom is -0.460 e. The van der Waals surface area contributed by atoms with E-state index in [1.807, 2.05) is 27.7 Å². The van der Waals surface area contributed by atoms with E-state index in [1.165, 1.54) is 64.2 Å². The van der Waals surface area contributed by atoms with Gasteiger partial charge in [0.05, 0.1) is 0 Å². The lowest BCUT2D eigenvalue weighted by Crippen LogP contribution is -2.56. The molecule has 4 rings (SSSR count). The molecule has 3 saturated heterocycles. The largest absolute Gasteiger partial charge is 0.460 e. The Kier molecular flexibility index (Phi) is 12.4. The summed E-state index contributed by atoms with van der Waals surface area (Å²) < 4.78 is 37.0. The predicted molar refractivity (Wildman–Crippen MR) is 162 cm³/mol. The van der Waals surface area contributed by atoms with E-state index in [2.05, 4.69) is 39.4 Å². The number of hydrogen-bond donors (Lipinski definition) is 2. The molecule has 240 valence electrons. The second-order valence-electron chi connectivity index (χ2n) is 12.7. The van der Waals surface area contributed by atoms with Crippen molar-refractivity contribution in [2.75, 3.05) is 30.3 Å². The molecule has 11 heteroatoms. The zero-order chi connectivity index (χ0) is 30.0. The Hall–Kier alpha value is -1.79. The van der Waals surface area contributed by atoms with Crippen LogP contribution in [-0.4, -0.2) is 76.9 Å². The third-order valence-corrected chi connectivity index (χ3v) is 7.87. The molecule has 5 atom stereocenters. The van der Waals surface area contributed by atoms with E-state index in [1.54, 1.807) is 0 Å². The highest BCUT2D eigenvalue weighted by atomic mass is 16.9. The molecule has 1 aromatic heterocycles. The van der Waals surface area contributed by atoms with E-state index in [-0.39, 0.29) is 30.9 Å². The Morgan fingerprint density at radius 2 is 1.12 bits per heavy atom. The van der Waals surface area contributed by atoms with Crippen LogP contribution in [0.15, 0.2) is 0 Å². The first-order chi connectivity index (χ1) is 20.2. The average Bonchev–Trinajstić information content (AvgIpc) is 3.44. The van der Waals surface area contributed by atoms with Gasteiger partial charge in [-0.2, -0.15) is 15.0 Å². The molecule has 42 heavy (non-hydrogen) atoms. The molecule has 4 heterocycles. The minimum absolute atomic E-state index is 0.172. The Morgan fingerprint density at radius 1 is 0.619 bits per heavy atom. The molecule has 0 amide bonds. The zero-order valence-electron chi connectivity index (χ0n) is 26.8. The topological polar surface area (TPSA) is 118 Å². The lowest BCUT2D eigenvalue weighted by molar-refractivity contribution is -0.238. The van der Waals surface area contributed by atoms with Crippen LogP contribution in [-0.2, 0) is 23.7 Å². The van der Waals surface area contributed by atoms with Crippen LogP contribution in [0.1, 0.15) is 119 Å². The highest BCUT2D eigenvalue weighted by Crippen LogP contribution is 2.44. The Balaban J connectivity index is 1.36. The van der Waals surface area contributed by atoms with Crippen LogP contribution in [0, 0.1) is 0 Å². The molecular formula is C31H55N5O6. The lowest BCUT2D eigenvalue weighted by Gasteiger charge is -2.36. The Labute approximate surface area is 252 Å². The van der Waals surface area contributed by atoms with Gasteiger partial charge in [-0.15, -0.1) is 0 Å². The third kappa shape index (κ3) is 9.87. The first kappa shape index (κ1) is 33.1. The van der Waals surface area contributed by atoms with E-state index >= 15 is 0 Å². The summed E-state index contributed by atoms with van der Waals surface area (Å²) in [4.78, 5) is 13.8. The van der Waals surface area contributed by atoms with E-state index in [0.717, 1.165) is 25.9 Å². The highest BCUT2D eigenvalue weighted by molar-refractivity contribution is 5.35. The van der Waals surface area contributed by atoms with Crippen molar-refractivity contribution >= 4 is 11.9 Å². The number of ether oxygens (including phenoxy) is 6. The van der Waals surface area contributed by atoms with Crippen LogP contribution in [0.2, 0.25) is 0 Å². The second kappa shape index (κ2) is 15.8. The van der Waals surface area contributed by atoms with Gasteiger partial charge in [-0.1, -0.05) is 78.1 Å². The summed E-state index contributed by atoms with van der Waals surface area (Å²) in [5.74, 6) is -0.515. The summed E-state index contributed by atoms with van der Waals surface area (Å²) in [6.45, 7) is 13.8. The third-order valence-electron chi connectivity index (χ3n) is 7.87. The maximum atomic E-state index is 6.30. The molecule has 3 fully saturated rings. The summed E-state index contributed by atoms with van der Waals surface area (Å²) in [6.07, 6.45) is 12.6.